The van der Waals surface area contributed by atoms with E-state index in [1.807, 2.05) is 0 Å². The van der Waals surface area contributed by atoms with Crippen molar-refractivity contribution in [3.05, 3.63) is 52.7 Å². The number of anilines is 1. The van der Waals surface area contributed by atoms with E-state index < -0.39 is 23.9 Å². The van der Waals surface area contributed by atoms with Crippen molar-refractivity contribution in [1.29, 1.82) is 0 Å². The van der Waals surface area contributed by atoms with Gasteiger partial charge in [0, 0.05) is 6.07 Å². The topological polar surface area (TPSA) is 37.8 Å². The van der Waals surface area contributed by atoms with Gasteiger partial charge in [0.1, 0.15) is 16.8 Å². The summed E-state index contributed by atoms with van der Waals surface area (Å²) in [7, 11) is 0. The lowest BCUT2D eigenvalue weighted by Crippen LogP contribution is -2.14. The molecule has 1 unspecified atom stereocenters. The monoisotopic (exact) mass is 319 g/mol. The molecule has 112 valence electrons. The largest absolute Gasteiger partial charge is 0.451 e. The van der Waals surface area contributed by atoms with Crippen molar-refractivity contribution < 1.29 is 17.6 Å². The van der Waals surface area contributed by atoms with E-state index in [9.17, 15) is 17.6 Å². The predicted molar refractivity (Wildman–Crippen MR) is 70.5 cm³/mol. The smallest absolute Gasteiger partial charge is 0.363 e. The van der Waals surface area contributed by atoms with Crippen LogP contribution in [0, 0.1) is 5.82 Å². The second-order valence-corrected chi connectivity index (χ2v) is 4.71. The molecule has 3 nitrogen and oxygen atoms in total. The first kappa shape index (κ1) is 15.5. The Balaban J connectivity index is 2.25. The summed E-state index contributed by atoms with van der Waals surface area (Å²) >= 11 is 5.56. The second-order valence-electron chi connectivity index (χ2n) is 4.32. The van der Waals surface area contributed by atoms with Gasteiger partial charge in [0.25, 0.3) is 0 Å². The Morgan fingerprint density at radius 3 is 2.52 bits per heavy atom. The summed E-state index contributed by atoms with van der Waals surface area (Å²) in [6.45, 7) is 1.66. The zero-order valence-corrected chi connectivity index (χ0v) is 11.5. The average Bonchev–Trinajstić information content (AvgIpc) is 2.37. The Labute approximate surface area is 123 Å². The molecule has 1 atom stereocenters. The van der Waals surface area contributed by atoms with Gasteiger partial charge >= 0.3 is 6.18 Å². The van der Waals surface area contributed by atoms with Crippen molar-refractivity contribution >= 4 is 17.4 Å². The molecule has 0 bridgehead atoms. The summed E-state index contributed by atoms with van der Waals surface area (Å²) < 4.78 is 50.9. The molecule has 21 heavy (non-hydrogen) atoms. The Bertz CT molecular complexity index is 646. The Kier molecular flexibility index (Phi) is 4.32. The van der Waals surface area contributed by atoms with Crippen LogP contribution < -0.4 is 5.32 Å². The van der Waals surface area contributed by atoms with E-state index in [4.69, 9.17) is 11.6 Å². The van der Waals surface area contributed by atoms with Gasteiger partial charge in [-0.1, -0.05) is 23.7 Å². The number of hydrogen-bond donors (Lipinski definition) is 1. The zero-order valence-electron chi connectivity index (χ0n) is 10.7. The lowest BCUT2D eigenvalue weighted by molar-refractivity contribution is -0.144. The maximum Gasteiger partial charge on any atom is 0.451 e. The van der Waals surface area contributed by atoms with Gasteiger partial charge in [-0.05, 0) is 24.6 Å². The van der Waals surface area contributed by atoms with E-state index in [1.54, 1.807) is 13.0 Å². The Morgan fingerprint density at radius 1 is 1.19 bits per heavy atom. The summed E-state index contributed by atoms with van der Waals surface area (Å²) in [5.41, 5.74) is 0.568. The lowest BCUT2D eigenvalue weighted by Gasteiger charge is -2.16. The fourth-order valence-corrected chi connectivity index (χ4v) is 1.88. The first-order valence-corrected chi connectivity index (χ1v) is 6.27. The van der Waals surface area contributed by atoms with E-state index >= 15 is 0 Å². The van der Waals surface area contributed by atoms with Crippen molar-refractivity contribution in [2.75, 3.05) is 5.32 Å². The Hall–Kier alpha value is -1.89. The fraction of sp³-hybridized carbons (Fsp3) is 0.231. The highest BCUT2D eigenvalue weighted by Gasteiger charge is 2.35. The molecule has 1 N–H and O–H groups in total. The molecule has 0 saturated carbocycles. The third kappa shape index (κ3) is 4.04. The van der Waals surface area contributed by atoms with E-state index in [1.165, 1.54) is 24.3 Å². The van der Waals surface area contributed by atoms with Crippen LogP contribution in [-0.4, -0.2) is 9.97 Å². The van der Waals surface area contributed by atoms with Gasteiger partial charge in [0.05, 0.1) is 6.04 Å². The number of nitrogens with one attached hydrogen (secondary N) is 1. The average molecular weight is 320 g/mol. The normalized spacial score (nSPS) is 13.0. The van der Waals surface area contributed by atoms with E-state index in [2.05, 4.69) is 15.3 Å². The number of hydrogen-bond acceptors (Lipinski definition) is 3. The van der Waals surface area contributed by atoms with Crippen LogP contribution in [0.25, 0.3) is 0 Å². The SMILES string of the molecule is CC(Nc1cc(Cl)nc(C(F)(F)F)n1)c1cccc(F)c1. The molecular weight excluding hydrogens is 310 g/mol. The second kappa shape index (κ2) is 5.85. The van der Waals surface area contributed by atoms with Crippen LogP contribution in [-0.2, 0) is 6.18 Å². The molecule has 0 fully saturated rings. The molecule has 2 aromatic rings. The molecule has 8 heteroatoms. The van der Waals surface area contributed by atoms with Crippen molar-refractivity contribution in [2.24, 2.45) is 0 Å². The van der Waals surface area contributed by atoms with Crippen LogP contribution in [0.5, 0.6) is 0 Å². The number of halogens is 5. The third-order valence-electron chi connectivity index (χ3n) is 2.66. The van der Waals surface area contributed by atoms with Gasteiger partial charge in [0.2, 0.25) is 5.82 Å². The van der Waals surface area contributed by atoms with Gasteiger partial charge in [-0.15, -0.1) is 0 Å². The summed E-state index contributed by atoms with van der Waals surface area (Å²) in [4.78, 5) is 6.50. The quantitative estimate of drug-likeness (QED) is 0.670. The minimum atomic E-state index is -4.69. The van der Waals surface area contributed by atoms with Crippen LogP contribution in [0.1, 0.15) is 24.4 Å². The highest BCUT2D eigenvalue weighted by Crippen LogP contribution is 2.29. The highest BCUT2D eigenvalue weighted by molar-refractivity contribution is 6.29. The van der Waals surface area contributed by atoms with Crippen LogP contribution in [0.3, 0.4) is 0 Å². The van der Waals surface area contributed by atoms with Gasteiger partial charge in [-0.2, -0.15) is 13.2 Å². The van der Waals surface area contributed by atoms with Crippen molar-refractivity contribution in [3.8, 4) is 0 Å². The molecule has 0 amide bonds. The molecule has 0 radical (unpaired) electrons. The van der Waals surface area contributed by atoms with Crippen LogP contribution >= 0.6 is 11.6 Å². The molecular formula is C13H10ClF4N3. The third-order valence-corrected chi connectivity index (χ3v) is 2.86. The van der Waals surface area contributed by atoms with Crippen molar-refractivity contribution in [3.63, 3.8) is 0 Å². The first-order chi connectivity index (χ1) is 9.75. The number of aromatic nitrogens is 2. The van der Waals surface area contributed by atoms with E-state index in [-0.39, 0.29) is 11.0 Å². The summed E-state index contributed by atoms with van der Waals surface area (Å²) in [5.74, 6) is -1.85. The molecule has 1 aromatic heterocycles. The molecule has 0 aliphatic heterocycles. The van der Waals surface area contributed by atoms with Crippen LogP contribution in [0.2, 0.25) is 5.15 Å². The maximum atomic E-state index is 13.1. The number of alkyl halides is 3. The van der Waals surface area contributed by atoms with Crippen molar-refractivity contribution in [2.45, 2.75) is 19.1 Å². The standard InChI is InChI=1S/C13H10ClF4N3/c1-7(8-3-2-4-9(15)5-8)19-11-6-10(14)20-12(21-11)13(16,17)18/h2-7H,1H3,(H,19,20,21). The fourth-order valence-electron chi connectivity index (χ4n) is 1.70. The van der Waals surface area contributed by atoms with Crippen molar-refractivity contribution in [1.82, 2.24) is 9.97 Å². The van der Waals surface area contributed by atoms with Gasteiger partial charge in [-0.3, -0.25) is 0 Å². The molecule has 0 aliphatic carbocycles. The van der Waals surface area contributed by atoms with Crippen LogP contribution in [0.15, 0.2) is 30.3 Å². The lowest BCUT2D eigenvalue weighted by atomic mass is 10.1. The zero-order chi connectivity index (χ0) is 15.6. The molecule has 2 rings (SSSR count). The minimum Gasteiger partial charge on any atom is -0.363 e. The van der Waals surface area contributed by atoms with E-state index in [0.29, 0.717) is 5.56 Å². The molecule has 0 saturated heterocycles. The number of rotatable bonds is 3. The predicted octanol–water partition coefficient (Wildman–Crippen LogP) is 4.46. The minimum absolute atomic E-state index is 0.0842. The molecule has 0 spiro atoms. The van der Waals surface area contributed by atoms with Gasteiger partial charge < -0.3 is 5.32 Å². The molecule has 1 heterocycles. The summed E-state index contributed by atoms with van der Waals surface area (Å²) in [5, 5.41) is 2.41. The molecule has 0 aliphatic rings. The van der Waals surface area contributed by atoms with Gasteiger partial charge in [-0.25, -0.2) is 14.4 Å². The number of benzene rings is 1. The Morgan fingerprint density at radius 2 is 1.90 bits per heavy atom. The van der Waals surface area contributed by atoms with Gasteiger partial charge in [0.15, 0.2) is 0 Å². The summed E-state index contributed by atoms with van der Waals surface area (Å²) in [6.07, 6.45) is -4.69. The first-order valence-electron chi connectivity index (χ1n) is 5.89. The highest BCUT2D eigenvalue weighted by atomic mass is 35.5. The maximum absolute atomic E-state index is 13.1. The van der Waals surface area contributed by atoms with Crippen LogP contribution in [0.4, 0.5) is 23.4 Å². The molecule has 1 aromatic carbocycles. The van der Waals surface area contributed by atoms with E-state index in [0.717, 1.165) is 0 Å². The summed E-state index contributed by atoms with van der Waals surface area (Å²) in [6, 6.07) is 6.44. The number of nitrogens with zero attached hydrogens (tertiary/aromatic N) is 2.